The van der Waals surface area contributed by atoms with Crippen LogP contribution in [0.25, 0.3) is 10.9 Å². The number of para-hydroxylation sites is 1. The molecule has 2 unspecified atom stereocenters. The molecule has 1 saturated heterocycles. The van der Waals surface area contributed by atoms with Crippen LogP contribution in [0, 0.1) is 6.92 Å². The smallest absolute Gasteiger partial charge is 0.262 e. The maximum absolute atomic E-state index is 13.0. The van der Waals surface area contributed by atoms with Crippen molar-refractivity contribution in [3.63, 3.8) is 0 Å². The van der Waals surface area contributed by atoms with E-state index in [2.05, 4.69) is 15.8 Å². The van der Waals surface area contributed by atoms with Crippen LogP contribution in [0.5, 0.6) is 0 Å². The van der Waals surface area contributed by atoms with E-state index in [1.165, 1.54) is 4.57 Å². The van der Waals surface area contributed by atoms with Gasteiger partial charge in [-0.25, -0.2) is 10.4 Å². The van der Waals surface area contributed by atoms with Gasteiger partial charge in [0.05, 0.1) is 16.9 Å². The number of hydrazine groups is 1. The number of rotatable bonds is 2. The van der Waals surface area contributed by atoms with Gasteiger partial charge in [-0.15, -0.1) is 0 Å². The predicted octanol–water partition coefficient (Wildman–Crippen LogP) is 1.62. The number of nitrogens with zero attached hydrogens (tertiary/aromatic N) is 2. The van der Waals surface area contributed by atoms with Crippen LogP contribution in [-0.2, 0) is 4.79 Å². The molecule has 0 spiro atoms. The summed E-state index contributed by atoms with van der Waals surface area (Å²) < 4.78 is 1.48. The van der Waals surface area contributed by atoms with E-state index in [1.807, 2.05) is 36.4 Å². The standard InChI is InChI=1S/C18H16N4O2/c1-11-19-14-10-6-5-9-13(14)18(24)22(11)16-15(20-21-17(16)23)12-7-3-2-4-8-12/h2-10,15-16,20H,1H3,(H,21,23). The molecule has 2 aromatic carbocycles. The quantitative estimate of drug-likeness (QED) is 0.752. The number of hydrogen-bond acceptors (Lipinski definition) is 4. The summed E-state index contributed by atoms with van der Waals surface area (Å²) in [6.07, 6.45) is 0. The molecule has 2 N–H and O–H groups in total. The van der Waals surface area contributed by atoms with Gasteiger partial charge in [0.15, 0.2) is 0 Å². The summed E-state index contributed by atoms with van der Waals surface area (Å²) in [5.74, 6) is 0.273. The summed E-state index contributed by atoms with van der Waals surface area (Å²) in [4.78, 5) is 29.9. The maximum Gasteiger partial charge on any atom is 0.262 e. The van der Waals surface area contributed by atoms with E-state index in [4.69, 9.17) is 0 Å². The minimum atomic E-state index is -0.683. The van der Waals surface area contributed by atoms with E-state index < -0.39 is 6.04 Å². The van der Waals surface area contributed by atoms with Gasteiger partial charge >= 0.3 is 0 Å². The lowest BCUT2D eigenvalue weighted by molar-refractivity contribution is -0.122. The van der Waals surface area contributed by atoms with Crippen LogP contribution in [-0.4, -0.2) is 15.5 Å². The molecule has 1 amide bonds. The number of fused-ring (bicyclic) bond motifs is 1. The number of benzene rings is 2. The van der Waals surface area contributed by atoms with Gasteiger partial charge in [0.1, 0.15) is 11.9 Å². The molecule has 1 fully saturated rings. The van der Waals surface area contributed by atoms with E-state index >= 15 is 0 Å². The zero-order chi connectivity index (χ0) is 16.7. The van der Waals surface area contributed by atoms with Gasteiger partial charge in [-0.05, 0) is 24.6 Å². The summed E-state index contributed by atoms with van der Waals surface area (Å²) in [7, 11) is 0. The zero-order valence-electron chi connectivity index (χ0n) is 13.1. The van der Waals surface area contributed by atoms with Crippen LogP contribution < -0.4 is 16.4 Å². The second kappa shape index (κ2) is 5.58. The second-order valence-corrected chi connectivity index (χ2v) is 5.82. The maximum atomic E-state index is 13.0. The molecule has 1 aromatic heterocycles. The van der Waals surface area contributed by atoms with Crippen molar-refractivity contribution >= 4 is 16.8 Å². The van der Waals surface area contributed by atoms with E-state index in [1.54, 1.807) is 25.1 Å². The third-order valence-electron chi connectivity index (χ3n) is 4.36. The molecule has 2 atom stereocenters. The molecule has 4 rings (SSSR count). The molecule has 1 aliphatic heterocycles. The summed E-state index contributed by atoms with van der Waals surface area (Å²) in [5, 5.41) is 0.509. The Morgan fingerprint density at radius 3 is 2.50 bits per heavy atom. The Morgan fingerprint density at radius 2 is 1.71 bits per heavy atom. The van der Waals surface area contributed by atoms with Crippen molar-refractivity contribution in [2.24, 2.45) is 0 Å². The molecule has 24 heavy (non-hydrogen) atoms. The second-order valence-electron chi connectivity index (χ2n) is 5.82. The molecule has 120 valence electrons. The average Bonchev–Trinajstić information content (AvgIpc) is 2.97. The van der Waals surface area contributed by atoms with Crippen molar-refractivity contribution < 1.29 is 4.79 Å². The molecule has 6 nitrogen and oxygen atoms in total. The highest BCUT2D eigenvalue weighted by atomic mass is 16.2. The number of nitrogens with one attached hydrogen (secondary N) is 2. The largest absolute Gasteiger partial charge is 0.289 e. The average molecular weight is 320 g/mol. The first-order valence-corrected chi connectivity index (χ1v) is 7.75. The molecule has 1 aliphatic rings. The fourth-order valence-corrected chi connectivity index (χ4v) is 3.23. The molecule has 0 bridgehead atoms. The molecule has 3 aromatic rings. The van der Waals surface area contributed by atoms with Crippen LogP contribution in [0.2, 0.25) is 0 Å². The summed E-state index contributed by atoms with van der Waals surface area (Å²) in [6.45, 7) is 1.75. The topological polar surface area (TPSA) is 76.0 Å². The van der Waals surface area contributed by atoms with Gasteiger partial charge in [0.2, 0.25) is 0 Å². The van der Waals surface area contributed by atoms with E-state index in [-0.39, 0.29) is 17.5 Å². The van der Waals surface area contributed by atoms with Crippen LogP contribution in [0.4, 0.5) is 0 Å². The normalized spacial score (nSPS) is 20.3. The number of hydrogen-bond donors (Lipinski definition) is 2. The molecule has 0 aliphatic carbocycles. The Balaban J connectivity index is 1.92. The number of amides is 1. The summed E-state index contributed by atoms with van der Waals surface area (Å²) >= 11 is 0. The number of aryl methyl sites for hydroxylation is 1. The van der Waals surface area contributed by atoms with Gasteiger partial charge < -0.3 is 0 Å². The van der Waals surface area contributed by atoms with Gasteiger partial charge in [-0.3, -0.25) is 19.6 Å². The lowest BCUT2D eigenvalue weighted by Crippen LogP contribution is -2.34. The van der Waals surface area contributed by atoms with Crippen LogP contribution >= 0.6 is 0 Å². The summed E-state index contributed by atoms with van der Waals surface area (Å²) in [6, 6.07) is 15.7. The minimum Gasteiger partial charge on any atom is -0.289 e. The van der Waals surface area contributed by atoms with Crippen molar-refractivity contribution in [1.82, 2.24) is 20.4 Å². The number of carbonyl (C=O) groups is 1. The fourth-order valence-electron chi connectivity index (χ4n) is 3.23. The Hall–Kier alpha value is -2.99. The highest BCUT2D eigenvalue weighted by Crippen LogP contribution is 2.29. The first kappa shape index (κ1) is 14.6. The molecular formula is C18H16N4O2. The van der Waals surface area contributed by atoms with E-state index in [0.29, 0.717) is 16.7 Å². The molecule has 0 saturated carbocycles. The van der Waals surface area contributed by atoms with E-state index in [0.717, 1.165) is 5.56 Å². The zero-order valence-corrected chi connectivity index (χ0v) is 13.1. The van der Waals surface area contributed by atoms with Crippen molar-refractivity contribution in [1.29, 1.82) is 0 Å². The molecule has 2 heterocycles. The predicted molar refractivity (Wildman–Crippen MR) is 90.2 cm³/mol. The lowest BCUT2D eigenvalue weighted by atomic mass is 10.0. The molecule has 0 radical (unpaired) electrons. The molecular weight excluding hydrogens is 304 g/mol. The highest BCUT2D eigenvalue weighted by Gasteiger charge is 2.38. The van der Waals surface area contributed by atoms with E-state index in [9.17, 15) is 9.59 Å². The Morgan fingerprint density at radius 1 is 1.00 bits per heavy atom. The van der Waals surface area contributed by atoms with Gasteiger partial charge in [0, 0.05) is 0 Å². The highest BCUT2D eigenvalue weighted by molar-refractivity contribution is 5.84. The summed E-state index contributed by atoms with van der Waals surface area (Å²) in [5.41, 5.74) is 6.99. The van der Waals surface area contributed by atoms with Crippen LogP contribution in [0.1, 0.15) is 23.5 Å². The van der Waals surface area contributed by atoms with Gasteiger partial charge in [-0.2, -0.15) is 0 Å². The SMILES string of the molecule is Cc1nc2ccccc2c(=O)n1C1C(=O)NNC1c1ccccc1. The third kappa shape index (κ3) is 2.19. The lowest BCUT2D eigenvalue weighted by Gasteiger charge is -2.21. The Labute approximate surface area is 138 Å². The van der Waals surface area contributed by atoms with Crippen molar-refractivity contribution in [3.8, 4) is 0 Å². The van der Waals surface area contributed by atoms with Gasteiger partial charge in [0.25, 0.3) is 11.5 Å². The van der Waals surface area contributed by atoms with Gasteiger partial charge in [-0.1, -0.05) is 42.5 Å². The number of aromatic nitrogens is 2. The van der Waals surface area contributed by atoms with Crippen molar-refractivity contribution in [3.05, 3.63) is 76.3 Å². The Kier molecular flexibility index (Phi) is 3.39. The van der Waals surface area contributed by atoms with Crippen molar-refractivity contribution in [2.75, 3.05) is 0 Å². The van der Waals surface area contributed by atoms with Crippen molar-refractivity contribution in [2.45, 2.75) is 19.0 Å². The molecule has 6 heteroatoms. The van der Waals surface area contributed by atoms with Crippen LogP contribution in [0.3, 0.4) is 0 Å². The number of carbonyl (C=O) groups excluding carboxylic acids is 1. The first-order chi connectivity index (χ1) is 11.7. The third-order valence-corrected chi connectivity index (χ3v) is 4.36. The van der Waals surface area contributed by atoms with Crippen LogP contribution in [0.15, 0.2) is 59.4 Å². The minimum absolute atomic E-state index is 0.206. The monoisotopic (exact) mass is 320 g/mol. The fraction of sp³-hybridized carbons (Fsp3) is 0.167. The Bertz CT molecular complexity index is 981. The first-order valence-electron chi connectivity index (χ1n) is 7.75.